The predicted molar refractivity (Wildman–Crippen MR) is 58.9 cm³/mol. The highest BCUT2D eigenvalue weighted by Gasteiger charge is 2.49. The SMILES string of the molecule is CCOC(=O)C1(CC)CC=CCC1C(=O)O. The maximum absolute atomic E-state index is 11.9. The number of esters is 1. The first-order valence-electron chi connectivity index (χ1n) is 5.63. The number of carboxylic acid groups (broad SMARTS) is 1. The van der Waals surface area contributed by atoms with Gasteiger partial charge in [0.1, 0.15) is 0 Å². The fourth-order valence-electron chi connectivity index (χ4n) is 2.27. The van der Waals surface area contributed by atoms with Crippen molar-refractivity contribution in [2.24, 2.45) is 11.3 Å². The van der Waals surface area contributed by atoms with Crippen molar-refractivity contribution >= 4 is 11.9 Å². The molecule has 0 fully saturated rings. The topological polar surface area (TPSA) is 63.6 Å². The Morgan fingerprint density at radius 2 is 2.12 bits per heavy atom. The zero-order valence-corrected chi connectivity index (χ0v) is 9.73. The minimum absolute atomic E-state index is 0.288. The Morgan fingerprint density at radius 1 is 1.44 bits per heavy atom. The maximum atomic E-state index is 11.9. The van der Waals surface area contributed by atoms with Gasteiger partial charge in [0, 0.05) is 0 Å². The second-order valence-electron chi connectivity index (χ2n) is 4.03. The largest absolute Gasteiger partial charge is 0.481 e. The van der Waals surface area contributed by atoms with Crippen LogP contribution in [0, 0.1) is 11.3 Å². The average molecular weight is 226 g/mol. The van der Waals surface area contributed by atoms with Crippen molar-refractivity contribution in [2.75, 3.05) is 6.61 Å². The van der Waals surface area contributed by atoms with Crippen LogP contribution in [0.15, 0.2) is 12.2 Å². The summed E-state index contributed by atoms with van der Waals surface area (Å²) in [5.41, 5.74) is -0.878. The van der Waals surface area contributed by atoms with Crippen LogP contribution in [-0.4, -0.2) is 23.7 Å². The van der Waals surface area contributed by atoms with Crippen molar-refractivity contribution in [3.05, 3.63) is 12.2 Å². The van der Waals surface area contributed by atoms with E-state index in [0.717, 1.165) is 0 Å². The first kappa shape index (κ1) is 12.7. The molecule has 0 saturated carbocycles. The lowest BCUT2D eigenvalue weighted by Crippen LogP contribution is -2.44. The van der Waals surface area contributed by atoms with E-state index in [1.54, 1.807) is 6.92 Å². The molecule has 4 nitrogen and oxygen atoms in total. The summed E-state index contributed by atoms with van der Waals surface area (Å²) < 4.78 is 5.02. The van der Waals surface area contributed by atoms with Crippen molar-refractivity contribution in [3.63, 3.8) is 0 Å². The Balaban J connectivity index is 3.02. The zero-order chi connectivity index (χ0) is 12.2. The molecule has 4 heteroatoms. The van der Waals surface area contributed by atoms with Crippen LogP contribution in [-0.2, 0) is 14.3 Å². The summed E-state index contributed by atoms with van der Waals surface area (Å²) in [6, 6.07) is 0. The van der Waals surface area contributed by atoms with Crippen LogP contribution in [0.25, 0.3) is 0 Å². The lowest BCUT2D eigenvalue weighted by atomic mass is 9.67. The van der Waals surface area contributed by atoms with E-state index in [0.29, 0.717) is 19.3 Å². The van der Waals surface area contributed by atoms with E-state index >= 15 is 0 Å². The van der Waals surface area contributed by atoms with E-state index in [4.69, 9.17) is 4.74 Å². The normalized spacial score (nSPS) is 28.8. The highest BCUT2D eigenvalue weighted by molar-refractivity contribution is 5.85. The van der Waals surface area contributed by atoms with E-state index in [2.05, 4.69) is 0 Å². The highest BCUT2D eigenvalue weighted by atomic mass is 16.5. The molecule has 16 heavy (non-hydrogen) atoms. The summed E-state index contributed by atoms with van der Waals surface area (Å²) in [7, 11) is 0. The Labute approximate surface area is 95.3 Å². The molecule has 1 aliphatic carbocycles. The van der Waals surface area contributed by atoms with E-state index in [9.17, 15) is 14.7 Å². The number of rotatable bonds is 4. The smallest absolute Gasteiger partial charge is 0.313 e. The van der Waals surface area contributed by atoms with Crippen LogP contribution in [0.4, 0.5) is 0 Å². The molecule has 1 aliphatic rings. The van der Waals surface area contributed by atoms with Crippen LogP contribution in [0.3, 0.4) is 0 Å². The van der Waals surface area contributed by atoms with Gasteiger partial charge in [-0.25, -0.2) is 0 Å². The molecule has 0 amide bonds. The summed E-state index contributed by atoms with van der Waals surface area (Å²) in [6.07, 6.45) is 5.06. The van der Waals surface area contributed by atoms with Gasteiger partial charge in [-0.3, -0.25) is 9.59 Å². The molecule has 0 aromatic rings. The van der Waals surface area contributed by atoms with Crippen LogP contribution >= 0.6 is 0 Å². The van der Waals surface area contributed by atoms with E-state index in [1.807, 2.05) is 19.1 Å². The fraction of sp³-hybridized carbons (Fsp3) is 0.667. The summed E-state index contributed by atoms with van der Waals surface area (Å²) in [5, 5.41) is 9.18. The number of carbonyl (C=O) groups is 2. The number of hydrogen-bond acceptors (Lipinski definition) is 3. The van der Waals surface area contributed by atoms with Gasteiger partial charge in [-0.05, 0) is 26.2 Å². The second-order valence-corrected chi connectivity index (χ2v) is 4.03. The molecular formula is C12H18O4. The van der Waals surface area contributed by atoms with Crippen molar-refractivity contribution in [1.29, 1.82) is 0 Å². The van der Waals surface area contributed by atoms with E-state index in [1.165, 1.54) is 0 Å². The maximum Gasteiger partial charge on any atom is 0.313 e. The standard InChI is InChI=1S/C12H18O4/c1-3-12(11(15)16-4-2)8-6-5-7-9(12)10(13)14/h5-6,9H,3-4,7-8H2,1-2H3,(H,13,14). The number of allylic oxidation sites excluding steroid dienone is 2. The van der Waals surface area contributed by atoms with Gasteiger partial charge in [0.05, 0.1) is 17.9 Å². The van der Waals surface area contributed by atoms with Gasteiger partial charge >= 0.3 is 11.9 Å². The highest BCUT2D eigenvalue weighted by Crippen LogP contribution is 2.42. The Kier molecular flexibility index (Phi) is 4.10. The summed E-state index contributed by atoms with van der Waals surface area (Å²) >= 11 is 0. The minimum Gasteiger partial charge on any atom is -0.481 e. The Bertz CT molecular complexity index is 308. The van der Waals surface area contributed by atoms with Gasteiger partial charge in [0.2, 0.25) is 0 Å². The number of ether oxygens (including phenoxy) is 1. The third-order valence-electron chi connectivity index (χ3n) is 3.30. The summed E-state index contributed by atoms with van der Waals surface area (Å²) in [5.74, 6) is -1.96. The molecule has 2 unspecified atom stereocenters. The molecule has 0 spiro atoms. The van der Waals surface area contributed by atoms with E-state index < -0.39 is 17.3 Å². The molecule has 0 aromatic heterocycles. The van der Waals surface area contributed by atoms with Gasteiger partial charge in [-0.2, -0.15) is 0 Å². The number of carboxylic acids is 1. The molecule has 1 N–H and O–H groups in total. The molecule has 0 aliphatic heterocycles. The molecule has 2 atom stereocenters. The number of carbonyl (C=O) groups excluding carboxylic acids is 1. The Hall–Kier alpha value is -1.32. The predicted octanol–water partition coefficient (Wildman–Crippen LogP) is 2.00. The first-order valence-corrected chi connectivity index (χ1v) is 5.63. The van der Waals surface area contributed by atoms with E-state index in [-0.39, 0.29) is 12.6 Å². The van der Waals surface area contributed by atoms with Gasteiger partial charge in [0.15, 0.2) is 0 Å². The molecule has 90 valence electrons. The monoisotopic (exact) mass is 226 g/mol. The molecule has 0 heterocycles. The van der Waals surface area contributed by atoms with Gasteiger partial charge in [-0.15, -0.1) is 0 Å². The average Bonchev–Trinajstić information content (AvgIpc) is 2.29. The number of aliphatic carboxylic acids is 1. The summed E-state index contributed by atoms with van der Waals surface area (Å²) in [4.78, 5) is 23.1. The van der Waals surface area contributed by atoms with Gasteiger partial charge < -0.3 is 9.84 Å². The minimum atomic E-state index is -0.917. The fourth-order valence-corrected chi connectivity index (χ4v) is 2.27. The van der Waals surface area contributed by atoms with Crippen LogP contribution < -0.4 is 0 Å². The van der Waals surface area contributed by atoms with Gasteiger partial charge in [0.25, 0.3) is 0 Å². The second kappa shape index (κ2) is 5.14. The molecule has 0 aromatic carbocycles. The van der Waals surface area contributed by atoms with Gasteiger partial charge in [-0.1, -0.05) is 19.1 Å². The van der Waals surface area contributed by atoms with Crippen LogP contribution in [0.1, 0.15) is 33.1 Å². The Morgan fingerprint density at radius 3 is 2.62 bits per heavy atom. The molecule has 0 radical (unpaired) electrons. The zero-order valence-electron chi connectivity index (χ0n) is 9.73. The quantitative estimate of drug-likeness (QED) is 0.588. The van der Waals surface area contributed by atoms with Crippen LogP contribution in [0.2, 0.25) is 0 Å². The summed E-state index contributed by atoms with van der Waals surface area (Å²) in [6.45, 7) is 3.86. The number of hydrogen-bond donors (Lipinski definition) is 1. The molecular weight excluding hydrogens is 208 g/mol. The van der Waals surface area contributed by atoms with Crippen LogP contribution in [0.5, 0.6) is 0 Å². The van der Waals surface area contributed by atoms with Crippen molar-refractivity contribution in [2.45, 2.75) is 33.1 Å². The molecule has 0 saturated heterocycles. The first-order chi connectivity index (χ1) is 7.58. The third kappa shape index (κ3) is 2.10. The van der Waals surface area contributed by atoms with Crippen molar-refractivity contribution in [3.8, 4) is 0 Å². The molecule has 0 bridgehead atoms. The lowest BCUT2D eigenvalue weighted by Gasteiger charge is -2.36. The lowest BCUT2D eigenvalue weighted by molar-refractivity contribution is -0.167. The van der Waals surface area contributed by atoms with Crippen molar-refractivity contribution < 1.29 is 19.4 Å². The third-order valence-corrected chi connectivity index (χ3v) is 3.30. The molecule has 1 rings (SSSR count). The van der Waals surface area contributed by atoms with Crippen molar-refractivity contribution in [1.82, 2.24) is 0 Å².